The van der Waals surface area contributed by atoms with Crippen LogP contribution in [0.2, 0.25) is 15.1 Å². The van der Waals surface area contributed by atoms with Crippen LogP contribution in [0.1, 0.15) is 6.42 Å². The molecule has 0 aliphatic carbocycles. The van der Waals surface area contributed by atoms with Crippen LogP contribution in [-0.4, -0.2) is 17.9 Å². The molecule has 1 saturated heterocycles. The molecule has 1 N–H and O–H groups in total. The van der Waals surface area contributed by atoms with Crippen molar-refractivity contribution in [3.8, 4) is 0 Å². The Morgan fingerprint density at radius 1 is 0.957 bits per heavy atom. The topological polar surface area (TPSA) is 49.4 Å². The maximum atomic E-state index is 12.5. The first-order chi connectivity index (χ1) is 11.0. The third-order valence-electron chi connectivity index (χ3n) is 3.49. The van der Waals surface area contributed by atoms with Gasteiger partial charge in [-0.05, 0) is 42.5 Å². The SMILES string of the molecule is O=C1C[C@@H](Nc2ccc(Cl)c(Cl)c2)C(=O)N1c1ccc(Cl)cc1. The van der Waals surface area contributed by atoms with E-state index in [0.29, 0.717) is 26.4 Å². The fourth-order valence-corrected chi connectivity index (χ4v) is 2.82. The van der Waals surface area contributed by atoms with Gasteiger partial charge in [0.05, 0.1) is 22.2 Å². The quantitative estimate of drug-likeness (QED) is 0.816. The molecule has 3 rings (SSSR count). The second kappa shape index (κ2) is 6.40. The molecule has 7 heteroatoms. The molecule has 1 atom stereocenters. The number of hydrogen-bond acceptors (Lipinski definition) is 3. The lowest BCUT2D eigenvalue weighted by molar-refractivity contribution is -0.121. The van der Waals surface area contributed by atoms with Gasteiger partial charge in [0.2, 0.25) is 5.91 Å². The lowest BCUT2D eigenvalue weighted by Crippen LogP contribution is -2.34. The van der Waals surface area contributed by atoms with Crippen molar-refractivity contribution in [3.63, 3.8) is 0 Å². The summed E-state index contributed by atoms with van der Waals surface area (Å²) in [6.07, 6.45) is 0.0711. The van der Waals surface area contributed by atoms with Crippen LogP contribution in [0, 0.1) is 0 Å². The van der Waals surface area contributed by atoms with Gasteiger partial charge in [0.15, 0.2) is 0 Å². The summed E-state index contributed by atoms with van der Waals surface area (Å²) in [5.41, 5.74) is 1.13. The van der Waals surface area contributed by atoms with Gasteiger partial charge in [0, 0.05) is 10.7 Å². The van der Waals surface area contributed by atoms with Gasteiger partial charge in [-0.2, -0.15) is 0 Å². The van der Waals surface area contributed by atoms with Crippen LogP contribution in [0.4, 0.5) is 11.4 Å². The summed E-state index contributed by atoms with van der Waals surface area (Å²) in [5.74, 6) is -0.585. The van der Waals surface area contributed by atoms with Gasteiger partial charge < -0.3 is 5.32 Å². The molecule has 1 aliphatic heterocycles. The lowest BCUT2D eigenvalue weighted by Gasteiger charge is -2.16. The van der Waals surface area contributed by atoms with E-state index in [9.17, 15) is 9.59 Å². The fourth-order valence-electron chi connectivity index (χ4n) is 2.39. The molecule has 23 heavy (non-hydrogen) atoms. The highest BCUT2D eigenvalue weighted by Crippen LogP contribution is 2.29. The number of carbonyl (C=O) groups is 2. The Balaban J connectivity index is 1.80. The summed E-state index contributed by atoms with van der Waals surface area (Å²) in [4.78, 5) is 25.8. The molecule has 0 bridgehead atoms. The van der Waals surface area contributed by atoms with Crippen molar-refractivity contribution in [1.29, 1.82) is 0 Å². The number of benzene rings is 2. The molecule has 0 radical (unpaired) electrons. The van der Waals surface area contributed by atoms with Crippen LogP contribution in [0.3, 0.4) is 0 Å². The van der Waals surface area contributed by atoms with E-state index in [1.165, 1.54) is 0 Å². The molecule has 0 spiro atoms. The molecule has 0 saturated carbocycles. The van der Waals surface area contributed by atoms with Gasteiger partial charge in [0.25, 0.3) is 5.91 Å². The molecule has 118 valence electrons. The van der Waals surface area contributed by atoms with Crippen LogP contribution >= 0.6 is 34.8 Å². The van der Waals surface area contributed by atoms with Gasteiger partial charge in [-0.3, -0.25) is 9.59 Å². The Kier molecular flexibility index (Phi) is 4.48. The molecule has 1 heterocycles. The van der Waals surface area contributed by atoms with E-state index in [1.807, 2.05) is 0 Å². The maximum Gasteiger partial charge on any atom is 0.256 e. The molecule has 0 unspecified atom stereocenters. The predicted molar refractivity (Wildman–Crippen MR) is 92.4 cm³/mol. The largest absolute Gasteiger partial charge is 0.373 e. The number of nitrogens with one attached hydrogen (secondary N) is 1. The third kappa shape index (κ3) is 3.29. The normalized spacial score (nSPS) is 17.7. The Labute approximate surface area is 147 Å². The Hall–Kier alpha value is -1.75. The van der Waals surface area contributed by atoms with E-state index >= 15 is 0 Å². The summed E-state index contributed by atoms with van der Waals surface area (Å²) >= 11 is 17.7. The van der Waals surface area contributed by atoms with Crippen molar-refractivity contribution >= 4 is 58.0 Å². The van der Waals surface area contributed by atoms with Crippen LogP contribution in [0.5, 0.6) is 0 Å². The third-order valence-corrected chi connectivity index (χ3v) is 4.48. The highest BCUT2D eigenvalue weighted by Gasteiger charge is 2.39. The fraction of sp³-hybridized carbons (Fsp3) is 0.125. The molecular weight excluding hydrogens is 359 g/mol. The number of imide groups is 1. The summed E-state index contributed by atoms with van der Waals surface area (Å²) in [5, 5.41) is 4.36. The van der Waals surface area contributed by atoms with Gasteiger partial charge in [-0.15, -0.1) is 0 Å². The maximum absolute atomic E-state index is 12.5. The summed E-state index contributed by atoms with van der Waals surface area (Å²) in [7, 11) is 0. The monoisotopic (exact) mass is 368 g/mol. The average molecular weight is 370 g/mol. The number of halogens is 3. The van der Waals surface area contributed by atoms with E-state index < -0.39 is 6.04 Å². The molecule has 2 aromatic rings. The first kappa shape index (κ1) is 16.1. The summed E-state index contributed by atoms with van der Waals surface area (Å²) in [6.45, 7) is 0. The van der Waals surface area contributed by atoms with Gasteiger partial charge in [-0.1, -0.05) is 34.8 Å². The Morgan fingerprint density at radius 2 is 1.65 bits per heavy atom. The number of carbonyl (C=O) groups excluding carboxylic acids is 2. The predicted octanol–water partition coefficient (Wildman–Crippen LogP) is 4.39. The molecule has 2 aromatic carbocycles. The van der Waals surface area contributed by atoms with Crippen LogP contribution < -0.4 is 10.2 Å². The van der Waals surface area contributed by atoms with Crippen LogP contribution in [0.25, 0.3) is 0 Å². The van der Waals surface area contributed by atoms with Gasteiger partial charge in [0.1, 0.15) is 6.04 Å². The van der Waals surface area contributed by atoms with Crippen molar-refractivity contribution in [2.45, 2.75) is 12.5 Å². The van der Waals surface area contributed by atoms with Crippen LogP contribution in [-0.2, 0) is 9.59 Å². The molecule has 1 aliphatic rings. The molecule has 0 aromatic heterocycles. The van der Waals surface area contributed by atoms with Crippen molar-refractivity contribution < 1.29 is 9.59 Å². The molecule has 2 amide bonds. The summed E-state index contributed by atoms with van der Waals surface area (Å²) in [6, 6.07) is 10.9. The van der Waals surface area contributed by atoms with Gasteiger partial charge in [-0.25, -0.2) is 4.90 Å². The highest BCUT2D eigenvalue weighted by molar-refractivity contribution is 6.42. The van der Waals surface area contributed by atoms with E-state index in [1.54, 1.807) is 42.5 Å². The Morgan fingerprint density at radius 3 is 2.30 bits per heavy atom. The van der Waals surface area contributed by atoms with E-state index in [-0.39, 0.29) is 18.2 Å². The highest BCUT2D eigenvalue weighted by atomic mass is 35.5. The van der Waals surface area contributed by atoms with Crippen molar-refractivity contribution in [2.24, 2.45) is 0 Å². The van der Waals surface area contributed by atoms with Crippen LogP contribution in [0.15, 0.2) is 42.5 Å². The second-order valence-electron chi connectivity index (χ2n) is 5.07. The first-order valence-electron chi connectivity index (χ1n) is 6.79. The van der Waals surface area contributed by atoms with Crippen molar-refractivity contribution in [2.75, 3.05) is 10.2 Å². The first-order valence-corrected chi connectivity index (χ1v) is 7.93. The van der Waals surface area contributed by atoms with E-state index in [2.05, 4.69) is 5.32 Å². The van der Waals surface area contributed by atoms with Gasteiger partial charge >= 0.3 is 0 Å². The van der Waals surface area contributed by atoms with Crippen molar-refractivity contribution in [1.82, 2.24) is 0 Å². The summed E-state index contributed by atoms with van der Waals surface area (Å²) < 4.78 is 0. The number of amides is 2. The minimum atomic E-state index is -0.643. The molecule has 1 fully saturated rings. The number of nitrogens with zero attached hydrogens (tertiary/aromatic N) is 1. The Bertz CT molecular complexity index is 777. The molecular formula is C16H11Cl3N2O2. The van der Waals surface area contributed by atoms with E-state index in [4.69, 9.17) is 34.8 Å². The lowest BCUT2D eigenvalue weighted by atomic mass is 10.2. The second-order valence-corrected chi connectivity index (χ2v) is 6.32. The zero-order valence-corrected chi connectivity index (χ0v) is 14.0. The van der Waals surface area contributed by atoms with E-state index in [0.717, 1.165) is 4.90 Å². The van der Waals surface area contributed by atoms with Crippen molar-refractivity contribution in [3.05, 3.63) is 57.5 Å². The minimum Gasteiger partial charge on any atom is -0.373 e. The number of anilines is 2. The molecule has 4 nitrogen and oxygen atoms in total. The smallest absolute Gasteiger partial charge is 0.256 e. The standard InChI is InChI=1S/C16H11Cl3N2O2/c17-9-1-4-11(5-2-9)21-15(22)8-14(16(21)23)20-10-3-6-12(18)13(19)7-10/h1-7,14,20H,8H2/t14-/m1/s1. The minimum absolute atomic E-state index is 0.0711. The average Bonchev–Trinajstić information content (AvgIpc) is 2.79. The zero-order chi connectivity index (χ0) is 16.6. The number of rotatable bonds is 3. The zero-order valence-electron chi connectivity index (χ0n) is 11.7. The number of hydrogen-bond donors (Lipinski definition) is 1.